The van der Waals surface area contributed by atoms with Gasteiger partial charge in [-0.05, 0) is 24.7 Å². The third-order valence-corrected chi connectivity index (χ3v) is 4.71. The first-order valence-electron chi connectivity index (χ1n) is 6.15. The predicted molar refractivity (Wildman–Crippen MR) is 63.2 cm³/mol. The molecule has 1 aromatic rings. The van der Waals surface area contributed by atoms with Gasteiger partial charge in [0.2, 0.25) is 0 Å². The number of hydrogen-bond donors (Lipinski definition) is 3. The molecule has 4 atom stereocenters. The molecule has 0 spiro atoms. The van der Waals surface area contributed by atoms with E-state index in [9.17, 15) is 19.8 Å². The molecule has 2 aliphatic rings. The second-order valence-corrected chi connectivity index (χ2v) is 5.40. The Labute approximate surface area is 103 Å². The SMILES string of the molecule is O=c1ccn([C@H]2C[C@H](CO)C3(CO)C[C@H]23)c(=O)[nH]1. The summed E-state index contributed by atoms with van der Waals surface area (Å²) in [6.07, 6.45) is 3.02. The maximum Gasteiger partial charge on any atom is 0.328 e. The molecule has 0 radical (unpaired) electrons. The second kappa shape index (κ2) is 3.80. The summed E-state index contributed by atoms with van der Waals surface area (Å²) < 4.78 is 1.53. The molecule has 0 amide bonds. The van der Waals surface area contributed by atoms with Crippen molar-refractivity contribution in [2.75, 3.05) is 13.2 Å². The molecule has 18 heavy (non-hydrogen) atoms. The smallest absolute Gasteiger partial charge is 0.328 e. The highest BCUT2D eigenvalue weighted by atomic mass is 16.3. The highest BCUT2D eigenvalue weighted by Crippen LogP contribution is 2.69. The lowest BCUT2D eigenvalue weighted by Crippen LogP contribution is -2.31. The van der Waals surface area contributed by atoms with E-state index in [-0.39, 0.29) is 36.5 Å². The third kappa shape index (κ3) is 1.42. The van der Waals surface area contributed by atoms with Crippen LogP contribution in [0.2, 0.25) is 0 Å². The Kier molecular flexibility index (Phi) is 2.46. The minimum Gasteiger partial charge on any atom is -0.396 e. The lowest BCUT2D eigenvalue weighted by atomic mass is 9.92. The fourth-order valence-electron chi connectivity index (χ4n) is 3.59. The number of aliphatic hydroxyl groups excluding tert-OH is 2. The van der Waals surface area contributed by atoms with Crippen molar-refractivity contribution in [3.63, 3.8) is 0 Å². The Hall–Kier alpha value is -1.40. The van der Waals surface area contributed by atoms with Crippen LogP contribution in [-0.4, -0.2) is 33.0 Å². The van der Waals surface area contributed by atoms with Crippen molar-refractivity contribution in [3.8, 4) is 0 Å². The minimum absolute atomic E-state index is 0.0290. The quantitative estimate of drug-likeness (QED) is 0.649. The van der Waals surface area contributed by atoms with Crippen molar-refractivity contribution < 1.29 is 10.2 Å². The normalized spacial score (nSPS) is 37.6. The molecule has 2 saturated carbocycles. The average molecular weight is 252 g/mol. The topological polar surface area (TPSA) is 95.3 Å². The Balaban J connectivity index is 1.96. The molecule has 3 rings (SSSR count). The molecule has 1 heterocycles. The lowest BCUT2D eigenvalue weighted by Gasteiger charge is -2.19. The number of nitrogens with zero attached hydrogens (tertiary/aromatic N) is 1. The number of aromatic nitrogens is 2. The molecule has 0 aliphatic heterocycles. The molecule has 0 bridgehead atoms. The van der Waals surface area contributed by atoms with Gasteiger partial charge in [-0.25, -0.2) is 4.79 Å². The fraction of sp³-hybridized carbons (Fsp3) is 0.667. The molecule has 0 saturated heterocycles. The Morgan fingerprint density at radius 1 is 1.44 bits per heavy atom. The largest absolute Gasteiger partial charge is 0.396 e. The van der Waals surface area contributed by atoms with E-state index in [0.717, 1.165) is 6.42 Å². The fourth-order valence-corrected chi connectivity index (χ4v) is 3.59. The first kappa shape index (κ1) is 11.7. The summed E-state index contributed by atoms with van der Waals surface area (Å²) in [4.78, 5) is 25.0. The zero-order valence-electron chi connectivity index (χ0n) is 9.87. The predicted octanol–water partition coefficient (Wildman–Crippen LogP) is -0.912. The highest BCUT2D eigenvalue weighted by molar-refractivity contribution is 5.16. The molecule has 98 valence electrons. The van der Waals surface area contributed by atoms with E-state index < -0.39 is 11.2 Å². The standard InChI is InChI=1S/C12H16N2O4/c15-5-7-3-9(8-4-12(7,8)6-16)14-2-1-10(17)13-11(14)18/h1-2,7-9,15-16H,3-6H2,(H,13,17,18)/t7-,8-,9+,12?/m1/s1. The van der Waals surface area contributed by atoms with Crippen molar-refractivity contribution in [3.05, 3.63) is 33.1 Å². The van der Waals surface area contributed by atoms with Crippen LogP contribution in [0.3, 0.4) is 0 Å². The zero-order chi connectivity index (χ0) is 12.9. The second-order valence-electron chi connectivity index (χ2n) is 5.40. The van der Waals surface area contributed by atoms with E-state index in [2.05, 4.69) is 4.98 Å². The van der Waals surface area contributed by atoms with Crippen LogP contribution in [0.4, 0.5) is 0 Å². The molecular weight excluding hydrogens is 236 g/mol. The van der Waals surface area contributed by atoms with E-state index in [1.807, 2.05) is 0 Å². The number of H-pyrrole nitrogens is 1. The van der Waals surface area contributed by atoms with Crippen molar-refractivity contribution in [2.45, 2.75) is 18.9 Å². The van der Waals surface area contributed by atoms with Crippen LogP contribution in [0.5, 0.6) is 0 Å². The highest BCUT2D eigenvalue weighted by Gasteiger charge is 2.66. The van der Waals surface area contributed by atoms with E-state index in [0.29, 0.717) is 6.42 Å². The zero-order valence-corrected chi connectivity index (χ0v) is 9.87. The lowest BCUT2D eigenvalue weighted by molar-refractivity contribution is 0.112. The molecule has 6 nitrogen and oxygen atoms in total. The molecule has 2 fully saturated rings. The summed E-state index contributed by atoms with van der Waals surface area (Å²) in [6.45, 7) is 0.0865. The van der Waals surface area contributed by atoms with Gasteiger partial charge in [0.25, 0.3) is 5.56 Å². The van der Waals surface area contributed by atoms with Gasteiger partial charge in [-0.2, -0.15) is 0 Å². The number of aromatic amines is 1. The van der Waals surface area contributed by atoms with Gasteiger partial charge in [-0.3, -0.25) is 14.3 Å². The monoisotopic (exact) mass is 252 g/mol. The van der Waals surface area contributed by atoms with Gasteiger partial charge in [0.1, 0.15) is 0 Å². The van der Waals surface area contributed by atoms with Crippen molar-refractivity contribution in [1.82, 2.24) is 9.55 Å². The summed E-state index contributed by atoms with van der Waals surface area (Å²) >= 11 is 0. The van der Waals surface area contributed by atoms with E-state index in [1.54, 1.807) is 0 Å². The van der Waals surface area contributed by atoms with Crippen LogP contribution in [0, 0.1) is 17.3 Å². The van der Waals surface area contributed by atoms with Crippen LogP contribution in [-0.2, 0) is 0 Å². The van der Waals surface area contributed by atoms with Gasteiger partial charge in [0, 0.05) is 36.9 Å². The summed E-state index contributed by atoms with van der Waals surface area (Å²) in [5.74, 6) is 0.264. The van der Waals surface area contributed by atoms with Crippen LogP contribution in [0.15, 0.2) is 21.9 Å². The summed E-state index contributed by atoms with van der Waals surface area (Å²) in [5, 5.41) is 18.9. The molecular formula is C12H16N2O4. The first-order chi connectivity index (χ1) is 8.62. The van der Waals surface area contributed by atoms with Gasteiger partial charge in [0.05, 0.1) is 0 Å². The van der Waals surface area contributed by atoms with Gasteiger partial charge in [0.15, 0.2) is 0 Å². The Morgan fingerprint density at radius 3 is 2.78 bits per heavy atom. The van der Waals surface area contributed by atoms with Crippen molar-refractivity contribution >= 4 is 0 Å². The third-order valence-electron chi connectivity index (χ3n) is 4.71. The summed E-state index contributed by atoms with van der Waals surface area (Å²) in [5.41, 5.74) is -1.03. The van der Waals surface area contributed by atoms with Crippen LogP contribution in [0.25, 0.3) is 0 Å². The van der Waals surface area contributed by atoms with Crippen molar-refractivity contribution in [2.24, 2.45) is 17.3 Å². The van der Waals surface area contributed by atoms with E-state index >= 15 is 0 Å². The molecule has 3 N–H and O–H groups in total. The van der Waals surface area contributed by atoms with E-state index in [4.69, 9.17) is 0 Å². The van der Waals surface area contributed by atoms with Gasteiger partial charge in [-0.1, -0.05) is 0 Å². The van der Waals surface area contributed by atoms with Gasteiger partial charge >= 0.3 is 5.69 Å². The summed E-state index contributed by atoms with van der Waals surface area (Å²) in [7, 11) is 0. The van der Waals surface area contributed by atoms with E-state index in [1.165, 1.54) is 16.8 Å². The molecule has 0 aromatic carbocycles. The van der Waals surface area contributed by atoms with Crippen molar-refractivity contribution in [1.29, 1.82) is 0 Å². The molecule has 6 heteroatoms. The minimum atomic E-state index is -0.412. The number of nitrogens with one attached hydrogen (secondary N) is 1. The molecule has 1 aromatic heterocycles. The van der Waals surface area contributed by atoms with Gasteiger partial charge < -0.3 is 10.2 Å². The average Bonchev–Trinajstić information content (AvgIpc) is 3.01. The maximum atomic E-state index is 11.8. The Bertz CT molecular complexity index is 578. The Morgan fingerprint density at radius 2 is 2.22 bits per heavy atom. The summed E-state index contributed by atoms with van der Waals surface area (Å²) in [6, 6.07) is 1.30. The number of aliphatic hydroxyl groups is 2. The maximum absolute atomic E-state index is 11.8. The number of hydrogen-bond acceptors (Lipinski definition) is 4. The van der Waals surface area contributed by atoms with Crippen LogP contribution in [0.1, 0.15) is 18.9 Å². The molecule has 1 unspecified atom stereocenters. The van der Waals surface area contributed by atoms with Gasteiger partial charge in [-0.15, -0.1) is 0 Å². The van der Waals surface area contributed by atoms with Crippen LogP contribution >= 0.6 is 0 Å². The first-order valence-corrected chi connectivity index (χ1v) is 6.15. The van der Waals surface area contributed by atoms with Crippen LogP contribution < -0.4 is 11.2 Å². The number of fused-ring (bicyclic) bond motifs is 1. The number of rotatable bonds is 3. The molecule has 2 aliphatic carbocycles.